The minimum atomic E-state index is -0.420. The zero-order valence-electron chi connectivity index (χ0n) is 22.6. The molecule has 0 saturated carbocycles. The number of nitrogens with two attached hydrogens (primary N) is 1. The lowest BCUT2D eigenvalue weighted by atomic mass is 9.88. The van der Waals surface area contributed by atoms with E-state index < -0.39 is 5.91 Å². The molecule has 0 radical (unpaired) electrons. The number of amides is 2. The molecule has 8 nitrogen and oxygen atoms in total. The van der Waals surface area contributed by atoms with E-state index in [4.69, 9.17) is 10.5 Å². The van der Waals surface area contributed by atoms with E-state index in [0.29, 0.717) is 43.0 Å². The van der Waals surface area contributed by atoms with Gasteiger partial charge in [-0.3, -0.25) is 14.7 Å². The highest BCUT2D eigenvalue weighted by molar-refractivity contribution is 5.97. The fraction of sp³-hybridized carbons (Fsp3) is 0.467. The summed E-state index contributed by atoms with van der Waals surface area (Å²) in [5.74, 6) is 0.602. The Morgan fingerprint density at radius 3 is 2.21 bits per heavy atom. The molecular weight excluding hydrogens is 478 g/mol. The van der Waals surface area contributed by atoms with Crippen molar-refractivity contribution in [2.45, 2.75) is 73.6 Å². The lowest BCUT2D eigenvalue weighted by molar-refractivity contribution is 0.0711. The summed E-state index contributed by atoms with van der Waals surface area (Å²) in [5, 5.41) is 7.10. The topological polar surface area (TPSA) is 114 Å². The summed E-state index contributed by atoms with van der Waals surface area (Å²) in [6.07, 6.45) is 3.35. The van der Waals surface area contributed by atoms with Crippen LogP contribution in [-0.4, -0.2) is 51.6 Å². The Balaban J connectivity index is 0.00000165. The number of aromatic amines is 1. The molecule has 2 aromatic carbocycles. The van der Waals surface area contributed by atoms with Crippen LogP contribution in [0.25, 0.3) is 11.4 Å². The predicted molar refractivity (Wildman–Crippen MR) is 153 cm³/mol. The molecule has 0 atom stereocenters. The van der Waals surface area contributed by atoms with Gasteiger partial charge >= 0.3 is 6.01 Å². The molecule has 0 unspecified atom stereocenters. The van der Waals surface area contributed by atoms with Gasteiger partial charge in [0.2, 0.25) is 5.91 Å². The molecule has 1 aliphatic heterocycles. The van der Waals surface area contributed by atoms with Crippen molar-refractivity contribution in [1.29, 1.82) is 0 Å². The third kappa shape index (κ3) is 6.79. The quantitative estimate of drug-likeness (QED) is 0.390. The number of aryl methyl sites for hydroxylation is 2. The zero-order valence-corrected chi connectivity index (χ0v) is 22.6. The number of carbonyl (C=O) groups excluding carboxylic acids is 2. The fourth-order valence-corrected chi connectivity index (χ4v) is 4.77. The Hall–Kier alpha value is -3.68. The van der Waals surface area contributed by atoms with Gasteiger partial charge < -0.3 is 15.4 Å². The maximum absolute atomic E-state index is 13.6. The molecule has 1 aromatic heterocycles. The smallest absolute Gasteiger partial charge is 0.335 e. The summed E-state index contributed by atoms with van der Waals surface area (Å²) in [7, 11) is 0. The number of likely N-dealkylation sites (tertiary alicyclic amines) is 1. The molecular formula is C30H43N5O3. The van der Waals surface area contributed by atoms with Gasteiger partial charge in [-0.15, -0.1) is 5.10 Å². The summed E-state index contributed by atoms with van der Waals surface area (Å²) in [5.41, 5.74) is 10.8. The first kappa shape index (κ1) is 30.5. The van der Waals surface area contributed by atoms with Crippen LogP contribution in [-0.2, 0) is 12.8 Å². The van der Waals surface area contributed by atoms with Crippen LogP contribution in [0.1, 0.15) is 98.2 Å². The molecule has 206 valence electrons. The third-order valence-electron chi connectivity index (χ3n) is 6.76. The number of benzene rings is 2. The Bertz CT molecular complexity index is 1200. The standard InChI is InChI=1S/C27H33N5O3.C2H6.CH4/c1-4-17-15-18(5-2)23(16-22(17)25-29-27(31-30-25)35-6-3)26(34)32-13-11-20(12-14-32)19-7-9-21(10-8-19)24(28)33;1-2;/h7-10,15-16,20H,4-6,11-14H2,1-3H3,(H2,28,33)(H,29,30,31);1-2H3;1H4. The summed E-state index contributed by atoms with van der Waals surface area (Å²) in [6.45, 7) is 11.9. The van der Waals surface area contributed by atoms with E-state index in [0.717, 1.165) is 47.9 Å². The van der Waals surface area contributed by atoms with Crippen molar-refractivity contribution in [2.24, 2.45) is 5.73 Å². The Kier molecular flexibility index (Phi) is 11.5. The summed E-state index contributed by atoms with van der Waals surface area (Å²) in [4.78, 5) is 31.4. The second-order valence-electron chi connectivity index (χ2n) is 8.83. The van der Waals surface area contributed by atoms with E-state index in [-0.39, 0.29) is 13.3 Å². The molecule has 0 bridgehead atoms. The van der Waals surface area contributed by atoms with E-state index in [1.165, 1.54) is 5.56 Å². The van der Waals surface area contributed by atoms with E-state index in [9.17, 15) is 9.59 Å². The number of nitrogens with one attached hydrogen (secondary N) is 1. The van der Waals surface area contributed by atoms with Crippen LogP contribution in [0, 0.1) is 0 Å². The number of rotatable bonds is 8. The lowest BCUT2D eigenvalue weighted by Gasteiger charge is -2.33. The van der Waals surface area contributed by atoms with Gasteiger partial charge in [0.25, 0.3) is 5.91 Å². The first-order valence-electron chi connectivity index (χ1n) is 13.3. The molecule has 2 heterocycles. The van der Waals surface area contributed by atoms with Crippen molar-refractivity contribution < 1.29 is 14.3 Å². The number of primary amides is 1. The second kappa shape index (κ2) is 14.3. The minimum Gasteiger partial charge on any atom is -0.463 e. The lowest BCUT2D eigenvalue weighted by Crippen LogP contribution is -2.38. The molecule has 38 heavy (non-hydrogen) atoms. The average molecular weight is 522 g/mol. The van der Waals surface area contributed by atoms with Gasteiger partial charge in [-0.05, 0) is 73.4 Å². The number of aromatic nitrogens is 3. The molecule has 3 aromatic rings. The first-order valence-corrected chi connectivity index (χ1v) is 13.3. The van der Waals surface area contributed by atoms with Gasteiger partial charge in [-0.25, -0.2) is 0 Å². The van der Waals surface area contributed by atoms with E-state index in [2.05, 4.69) is 35.1 Å². The minimum absolute atomic E-state index is 0. The van der Waals surface area contributed by atoms with E-state index in [1.54, 1.807) is 12.1 Å². The maximum Gasteiger partial charge on any atom is 0.335 e. The summed E-state index contributed by atoms with van der Waals surface area (Å²) >= 11 is 0. The van der Waals surface area contributed by atoms with Gasteiger partial charge in [-0.1, -0.05) is 53.3 Å². The molecule has 1 fully saturated rings. The van der Waals surface area contributed by atoms with Gasteiger partial charge in [0.05, 0.1) is 6.61 Å². The monoisotopic (exact) mass is 521 g/mol. The van der Waals surface area contributed by atoms with Crippen molar-refractivity contribution in [3.63, 3.8) is 0 Å². The van der Waals surface area contributed by atoms with Crippen LogP contribution in [0.15, 0.2) is 36.4 Å². The molecule has 0 aliphatic carbocycles. The Morgan fingerprint density at radius 1 is 1.03 bits per heavy atom. The highest BCUT2D eigenvalue weighted by Crippen LogP contribution is 2.31. The number of piperidine rings is 1. The van der Waals surface area contributed by atoms with Crippen molar-refractivity contribution in [3.8, 4) is 17.4 Å². The van der Waals surface area contributed by atoms with Crippen molar-refractivity contribution in [1.82, 2.24) is 20.1 Å². The number of hydrogen-bond acceptors (Lipinski definition) is 5. The molecule has 8 heteroatoms. The summed E-state index contributed by atoms with van der Waals surface area (Å²) in [6, 6.07) is 11.9. The predicted octanol–water partition coefficient (Wildman–Crippen LogP) is 5.78. The molecule has 1 saturated heterocycles. The highest BCUT2D eigenvalue weighted by Gasteiger charge is 2.27. The molecule has 3 N–H and O–H groups in total. The number of nitrogens with zero attached hydrogens (tertiary/aromatic N) is 3. The van der Waals surface area contributed by atoms with Crippen LogP contribution >= 0.6 is 0 Å². The average Bonchev–Trinajstić information content (AvgIpc) is 3.41. The molecule has 2 amide bonds. The largest absolute Gasteiger partial charge is 0.463 e. The van der Waals surface area contributed by atoms with E-state index >= 15 is 0 Å². The van der Waals surface area contributed by atoms with Crippen molar-refractivity contribution in [3.05, 3.63) is 64.2 Å². The Labute approximate surface area is 227 Å². The van der Waals surface area contributed by atoms with Gasteiger partial charge in [0, 0.05) is 29.8 Å². The van der Waals surface area contributed by atoms with Gasteiger partial charge in [-0.2, -0.15) is 4.98 Å². The normalized spacial score (nSPS) is 13.2. The van der Waals surface area contributed by atoms with E-state index in [1.807, 2.05) is 43.9 Å². The number of carbonyl (C=O) groups is 2. The maximum atomic E-state index is 13.6. The first-order chi connectivity index (χ1) is 17.9. The van der Waals surface area contributed by atoms with Crippen molar-refractivity contribution >= 4 is 11.8 Å². The SMILES string of the molecule is C.CC.CCOc1n[nH]c(-c2cc(C(=O)N3CCC(c4ccc(C(N)=O)cc4)CC3)c(CC)cc2CC)n1. The third-order valence-corrected chi connectivity index (χ3v) is 6.76. The molecule has 0 spiro atoms. The fourth-order valence-electron chi connectivity index (χ4n) is 4.77. The van der Waals surface area contributed by atoms with Crippen molar-refractivity contribution in [2.75, 3.05) is 19.7 Å². The van der Waals surface area contributed by atoms with Crippen LogP contribution < -0.4 is 10.5 Å². The number of hydrogen-bond donors (Lipinski definition) is 2. The molecule has 1 aliphatic rings. The van der Waals surface area contributed by atoms with Crippen LogP contribution in [0.4, 0.5) is 0 Å². The van der Waals surface area contributed by atoms with Crippen LogP contribution in [0.2, 0.25) is 0 Å². The zero-order chi connectivity index (χ0) is 26.9. The van der Waals surface area contributed by atoms with Crippen LogP contribution in [0.3, 0.4) is 0 Å². The highest BCUT2D eigenvalue weighted by atomic mass is 16.5. The van der Waals surface area contributed by atoms with Crippen LogP contribution in [0.5, 0.6) is 6.01 Å². The van der Waals surface area contributed by atoms with Gasteiger partial charge in [0.15, 0.2) is 5.82 Å². The van der Waals surface area contributed by atoms with Gasteiger partial charge in [0.1, 0.15) is 0 Å². The number of H-pyrrole nitrogens is 1. The second-order valence-corrected chi connectivity index (χ2v) is 8.83. The molecule has 4 rings (SSSR count). The summed E-state index contributed by atoms with van der Waals surface area (Å²) < 4.78 is 5.41. The Morgan fingerprint density at radius 2 is 1.66 bits per heavy atom. The number of ether oxygens (including phenoxy) is 1.